The van der Waals surface area contributed by atoms with Gasteiger partial charge in [-0.2, -0.15) is 13.2 Å². The summed E-state index contributed by atoms with van der Waals surface area (Å²) in [5.41, 5.74) is 5.28. The number of hydrogen-bond donors (Lipinski definition) is 2. The molecule has 12 heteroatoms. The van der Waals surface area contributed by atoms with Crippen molar-refractivity contribution in [2.75, 3.05) is 31.7 Å². The monoisotopic (exact) mass is 596 g/mol. The van der Waals surface area contributed by atoms with Crippen LogP contribution in [0.1, 0.15) is 57.7 Å². The van der Waals surface area contributed by atoms with Gasteiger partial charge in [-0.25, -0.2) is 9.97 Å². The molecule has 224 valence electrons. The molecule has 0 radical (unpaired) electrons. The Bertz CT molecular complexity index is 1350. The normalized spacial score (nSPS) is 18.8. The number of rotatable bonds is 10. The van der Waals surface area contributed by atoms with Crippen molar-refractivity contribution in [1.82, 2.24) is 9.97 Å². The van der Waals surface area contributed by atoms with Crippen molar-refractivity contribution < 1.29 is 32.5 Å². The third kappa shape index (κ3) is 5.89. The number of hydrogen-bond acceptors (Lipinski definition) is 8. The third-order valence-electron chi connectivity index (χ3n) is 7.93. The van der Waals surface area contributed by atoms with Crippen LogP contribution in [0.5, 0.6) is 5.75 Å². The topological polar surface area (TPSA) is 111 Å². The molecule has 1 aromatic heterocycles. The summed E-state index contributed by atoms with van der Waals surface area (Å²) in [5.74, 6) is 0.857. The Morgan fingerprint density at radius 2 is 1.90 bits per heavy atom. The van der Waals surface area contributed by atoms with Crippen LogP contribution in [0.2, 0.25) is 5.02 Å². The predicted molar refractivity (Wildman–Crippen MR) is 151 cm³/mol. The number of methoxy groups -OCH3 is 1. The van der Waals surface area contributed by atoms with Crippen molar-refractivity contribution in [2.24, 2.45) is 11.1 Å². The molecule has 1 spiro atoms. The fraction of sp³-hybridized carbons (Fsp3) is 0.552. The molecule has 2 heterocycles. The lowest BCUT2D eigenvalue weighted by Gasteiger charge is -2.63. The SMILES string of the molecule is CCC[C@@H](O)COc1ccc(Cl)c(-c2nc(C(C(C)=O)=C(C)N)c(C)c(N3CC4(C3)CC(OC)(C(F)(F)F)C4)n2)c1. The maximum absolute atomic E-state index is 13.6. The van der Waals surface area contributed by atoms with Gasteiger partial charge in [0.05, 0.1) is 22.4 Å². The number of aromatic nitrogens is 2. The molecule has 1 aliphatic carbocycles. The number of aliphatic hydroxyl groups is 1. The summed E-state index contributed by atoms with van der Waals surface area (Å²) in [4.78, 5) is 24.0. The zero-order valence-corrected chi connectivity index (χ0v) is 24.6. The van der Waals surface area contributed by atoms with Crippen LogP contribution in [-0.4, -0.2) is 65.5 Å². The van der Waals surface area contributed by atoms with E-state index in [1.807, 2.05) is 11.8 Å². The van der Waals surface area contributed by atoms with Gasteiger partial charge in [-0.1, -0.05) is 24.9 Å². The highest BCUT2D eigenvalue weighted by Gasteiger charge is 2.71. The van der Waals surface area contributed by atoms with Crippen LogP contribution in [0.4, 0.5) is 19.0 Å². The molecule has 1 aliphatic heterocycles. The number of ketones is 1. The second-order valence-electron chi connectivity index (χ2n) is 11.3. The fourth-order valence-corrected chi connectivity index (χ4v) is 6.14. The molecule has 0 unspecified atom stereocenters. The second-order valence-corrected chi connectivity index (χ2v) is 11.7. The molecule has 2 fully saturated rings. The summed E-state index contributed by atoms with van der Waals surface area (Å²) < 4.78 is 51.6. The number of Topliss-reactive ketones (excluding diaryl/α,β-unsaturated/α-hetero) is 1. The summed E-state index contributed by atoms with van der Waals surface area (Å²) in [6.07, 6.45) is -3.92. The Labute approximate surface area is 242 Å². The fourth-order valence-electron chi connectivity index (χ4n) is 5.94. The Hall–Kier alpha value is -2.89. The first kappa shape index (κ1) is 31.1. The molecular formula is C29H36ClF3N4O4. The molecule has 8 nitrogen and oxygen atoms in total. The van der Waals surface area contributed by atoms with Crippen molar-refractivity contribution in [3.05, 3.63) is 40.2 Å². The molecular weight excluding hydrogens is 561 g/mol. The quantitative estimate of drug-likeness (QED) is 0.347. The molecule has 1 saturated heterocycles. The number of halogens is 4. The summed E-state index contributed by atoms with van der Waals surface area (Å²) >= 11 is 6.56. The summed E-state index contributed by atoms with van der Waals surface area (Å²) in [6, 6.07) is 4.96. The van der Waals surface area contributed by atoms with Crippen LogP contribution in [-0.2, 0) is 9.53 Å². The van der Waals surface area contributed by atoms with Crippen molar-refractivity contribution in [3.8, 4) is 17.1 Å². The maximum Gasteiger partial charge on any atom is 0.417 e. The summed E-state index contributed by atoms with van der Waals surface area (Å²) in [6.45, 7) is 7.52. The average molecular weight is 597 g/mol. The van der Waals surface area contributed by atoms with Gasteiger partial charge in [-0.05, 0) is 58.2 Å². The second kappa shape index (κ2) is 11.4. The van der Waals surface area contributed by atoms with E-state index in [4.69, 9.17) is 36.8 Å². The first-order valence-corrected chi connectivity index (χ1v) is 13.9. The van der Waals surface area contributed by atoms with E-state index in [2.05, 4.69) is 0 Å². The number of benzene rings is 1. The Morgan fingerprint density at radius 1 is 1.24 bits per heavy atom. The molecule has 41 heavy (non-hydrogen) atoms. The summed E-state index contributed by atoms with van der Waals surface area (Å²) in [7, 11) is 1.10. The Morgan fingerprint density at radius 3 is 2.44 bits per heavy atom. The smallest absolute Gasteiger partial charge is 0.417 e. The lowest BCUT2D eigenvalue weighted by molar-refractivity contribution is -0.328. The average Bonchev–Trinajstić information content (AvgIpc) is 2.83. The highest BCUT2D eigenvalue weighted by Crippen LogP contribution is 2.61. The molecule has 4 rings (SSSR count). The maximum atomic E-state index is 13.6. The van der Waals surface area contributed by atoms with E-state index < -0.39 is 23.3 Å². The zero-order chi connectivity index (χ0) is 30.3. The molecule has 0 amide bonds. The van der Waals surface area contributed by atoms with Crippen LogP contribution < -0.4 is 15.4 Å². The van der Waals surface area contributed by atoms with Gasteiger partial charge >= 0.3 is 6.18 Å². The largest absolute Gasteiger partial charge is 0.491 e. The minimum Gasteiger partial charge on any atom is -0.491 e. The lowest BCUT2D eigenvalue weighted by Crippen LogP contribution is -2.72. The number of ether oxygens (including phenoxy) is 2. The third-order valence-corrected chi connectivity index (χ3v) is 8.26. The van der Waals surface area contributed by atoms with E-state index in [0.717, 1.165) is 13.5 Å². The molecule has 0 bridgehead atoms. The van der Waals surface area contributed by atoms with Crippen molar-refractivity contribution in [1.29, 1.82) is 0 Å². The van der Waals surface area contributed by atoms with Gasteiger partial charge in [0.2, 0.25) is 0 Å². The van der Waals surface area contributed by atoms with Gasteiger partial charge < -0.3 is 25.2 Å². The van der Waals surface area contributed by atoms with E-state index >= 15 is 0 Å². The number of aliphatic hydroxyl groups excluding tert-OH is 1. The minimum absolute atomic E-state index is 0.0977. The van der Waals surface area contributed by atoms with Crippen LogP contribution in [0, 0.1) is 12.3 Å². The van der Waals surface area contributed by atoms with E-state index in [0.29, 0.717) is 52.9 Å². The van der Waals surface area contributed by atoms with Crippen LogP contribution in [0.3, 0.4) is 0 Å². The first-order chi connectivity index (χ1) is 19.2. The number of alkyl halides is 3. The molecule has 2 aromatic rings. The molecule has 1 aromatic carbocycles. The zero-order valence-electron chi connectivity index (χ0n) is 23.9. The highest BCUT2D eigenvalue weighted by molar-refractivity contribution is 6.33. The van der Waals surface area contributed by atoms with E-state index in [9.17, 15) is 23.1 Å². The van der Waals surface area contributed by atoms with Crippen LogP contribution in [0.15, 0.2) is 23.9 Å². The van der Waals surface area contributed by atoms with E-state index in [-0.39, 0.29) is 42.3 Å². The molecule has 1 atom stereocenters. The van der Waals surface area contributed by atoms with Gasteiger partial charge in [-0.3, -0.25) is 4.79 Å². The van der Waals surface area contributed by atoms with Crippen molar-refractivity contribution in [3.63, 3.8) is 0 Å². The number of anilines is 1. The van der Waals surface area contributed by atoms with Gasteiger partial charge in [-0.15, -0.1) is 0 Å². The van der Waals surface area contributed by atoms with Crippen LogP contribution in [0.25, 0.3) is 17.0 Å². The van der Waals surface area contributed by atoms with E-state index in [1.165, 1.54) is 6.92 Å². The van der Waals surface area contributed by atoms with Crippen LogP contribution >= 0.6 is 11.6 Å². The van der Waals surface area contributed by atoms with Gasteiger partial charge in [0, 0.05) is 42.4 Å². The number of allylic oxidation sites excluding steroid dienone is 2. The van der Waals surface area contributed by atoms with Gasteiger partial charge in [0.15, 0.2) is 17.2 Å². The lowest BCUT2D eigenvalue weighted by atomic mass is 9.54. The number of nitrogens with zero attached hydrogens (tertiary/aromatic N) is 3. The van der Waals surface area contributed by atoms with Gasteiger partial charge in [0.25, 0.3) is 0 Å². The Kier molecular flexibility index (Phi) is 8.65. The Balaban J connectivity index is 1.72. The number of carbonyl (C=O) groups excluding carboxylic acids is 1. The number of carbonyl (C=O) groups is 1. The predicted octanol–water partition coefficient (Wildman–Crippen LogP) is 5.47. The molecule has 2 aliphatic rings. The van der Waals surface area contributed by atoms with Crippen molar-refractivity contribution >= 4 is 28.8 Å². The standard InChI is InChI=1S/C29H36ClF3N4O4/c1-6-7-19(39)11-41-20-8-9-22(30)21(10-20)25-35-24(23(17(3)34)18(4)38)16(2)26(36-25)37-14-27(15-37)12-28(13-27,40-5)29(31,32)33/h8-10,19,39H,6-7,11-15,34H2,1-5H3/t19-/m1/s1. The van der Waals surface area contributed by atoms with E-state index in [1.54, 1.807) is 32.0 Å². The minimum atomic E-state index is -4.45. The summed E-state index contributed by atoms with van der Waals surface area (Å²) in [5, 5.41) is 10.4. The highest BCUT2D eigenvalue weighted by atomic mass is 35.5. The van der Waals surface area contributed by atoms with Gasteiger partial charge in [0.1, 0.15) is 18.2 Å². The van der Waals surface area contributed by atoms with Crippen molar-refractivity contribution in [2.45, 2.75) is 71.3 Å². The molecule has 1 saturated carbocycles. The molecule has 3 N–H and O–H groups in total. The number of nitrogens with two attached hydrogens (primary N) is 1. The first-order valence-electron chi connectivity index (χ1n) is 13.5.